The van der Waals surface area contributed by atoms with Gasteiger partial charge in [0.05, 0.1) is 23.9 Å². The first kappa shape index (κ1) is 17.6. The summed E-state index contributed by atoms with van der Waals surface area (Å²) >= 11 is 0. The van der Waals surface area contributed by atoms with Crippen LogP contribution in [-0.4, -0.2) is 17.8 Å². The Morgan fingerprint density at radius 2 is 1.47 bits per heavy atom. The number of para-hydroxylation sites is 2. The second-order valence-corrected chi connectivity index (χ2v) is 8.77. The average molecular weight is 399 g/mol. The average Bonchev–Trinajstić information content (AvgIpc) is 3.53. The summed E-state index contributed by atoms with van der Waals surface area (Å²) in [4.78, 5) is 40.5. The van der Waals surface area contributed by atoms with Gasteiger partial charge in [0.15, 0.2) is 5.75 Å². The molecule has 0 N–H and O–H groups in total. The van der Waals surface area contributed by atoms with Crippen LogP contribution in [0, 0.1) is 35.5 Å². The number of carbonyl (C=O) groups excluding carboxylic acids is 3. The van der Waals surface area contributed by atoms with Crippen LogP contribution in [0.25, 0.3) is 0 Å². The molecular weight excluding hydrogens is 378 g/mol. The summed E-state index contributed by atoms with van der Waals surface area (Å²) in [5.41, 5.74) is 1.22. The van der Waals surface area contributed by atoms with E-state index in [0.29, 0.717) is 17.5 Å². The molecule has 150 valence electrons. The van der Waals surface area contributed by atoms with Gasteiger partial charge in [0.25, 0.3) is 0 Å². The second-order valence-electron chi connectivity index (χ2n) is 8.77. The van der Waals surface area contributed by atoms with E-state index < -0.39 is 5.97 Å². The number of hydrogen-bond acceptors (Lipinski definition) is 4. The molecule has 1 heterocycles. The van der Waals surface area contributed by atoms with Crippen LogP contribution in [0.4, 0.5) is 5.69 Å². The first-order valence-electron chi connectivity index (χ1n) is 10.5. The van der Waals surface area contributed by atoms with Gasteiger partial charge in [0, 0.05) is 0 Å². The van der Waals surface area contributed by atoms with Gasteiger partial charge in [-0.05, 0) is 47.8 Å². The van der Waals surface area contributed by atoms with Crippen LogP contribution in [0.1, 0.15) is 12.0 Å². The highest BCUT2D eigenvalue weighted by molar-refractivity contribution is 6.23. The van der Waals surface area contributed by atoms with Crippen LogP contribution < -0.4 is 9.64 Å². The highest BCUT2D eigenvalue weighted by Gasteiger charge is 2.67. The van der Waals surface area contributed by atoms with Crippen LogP contribution in [0.2, 0.25) is 0 Å². The molecule has 2 aromatic carbocycles. The largest absolute Gasteiger partial charge is 0.424 e. The number of rotatable bonds is 4. The van der Waals surface area contributed by atoms with Crippen molar-refractivity contribution >= 4 is 23.5 Å². The van der Waals surface area contributed by atoms with Gasteiger partial charge in [-0.2, -0.15) is 0 Å². The molecule has 6 atom stereocenters. The fraction of sp³-hybridized carbons (Fsp3) is 0.320. The van der Waals surface area contributed by atoms with Gasteiger partial charge in [-0.15, -0.1) is 0 Å². The smallest absolute Gasteiger partial charge is 0.315 e. The van der Waals surface area contributed by atoms with Crippen LogP contribution in [-0.2, 0) is 20.8 Å². The normalized spacial score (nSPS) is 32.7. The zero-order valence-corrected chi connectivity index (χ0v) is 16.3. The van der Waals surface area contributed by atoms with E-state index in [1.807, 2.05) is 30.3 Å². The Bertz CT molecular complexity index is 1060. The second kappa shape index (κ2) is 6.39. The van der Waals surface area contributed by atoms with Crippen molar-refractivity contribution in [3.8, 4) is 5.75 Å². The summed E-state index contributed by atoms with van der Waals surface area (Å²) in [7, 11) is 0. The van der Waals surface area contributed by atoms with E-state index in [0.717, 1.165) is 12.0 Å². The molecule has 2 bridgehead atoms. The SMILES string of the molecule is O=C(Cc1ccccc1)Oc1ccccc1N1C(=O)[C@@H]2[C@H]3C=C[C@@H]([C@@H]4C[C@H]34)[C@@H]2C1=O. The molecule has 3 fully saturated rings. The molecule has 1 saturated heterocycles. The van der Waals surface area contributed by atoms with Crippen molar-refractivity contribution in [2.75, 3.05) is 4.90 Å². The van der Waals surface area contributed by atoms with Crippen molar-refractivity contribution in [2.24, 2.45) is 35.5 Å². The molecule has 5 aliphatic rings. The summed E-state index contributed by atoms with van der Waals surface area (Å²) in [5, 5.41) is 0. The quantitative estimate of drug-likeness (QED) is 0.342. The third kappa shape index (κ3) is 2.51. The van der Waals surface area contributed by atoms with Crippen molar-refractivity contribution < 1.29 is 19.1 Å². The maximum Gasteiger partial charge on any atom is 0.315 e. The van der Waals surface area contributed by atoms with Crippen molar-refractivity contribution in [1.29, 1.82) is 0 Å². The molecule has 2 aromatic rings. The van der Waals surface area contributed by atoms with Crippen molar-refractivity contribution in [3.63, 3.8) is 0 Å². The molecule has 0 unspecified atom stereocenters. The summed E-state index contributed by atoms with van der Waals surface area (Å²) < 4.78 is 5.61. The lowest BCUT2D eigenvalue weighted by Gasteiger charge is -2.37. The minimum atomic E-state index is -0.423. The highest BCUT2D eigenvalue weighted by atomic mass is 16.5. The third-order valence-electron chi connectivity index (χ3n) is 7.18. The lowest BCUT2D eigenvalue weighted by molar-refractivity contribution is -0.134. The number of carbonyl (C=O) groups is 3. The summed E-state index contributed by atoms with van der Waals surface area (Å²) in [5.74, 6) is 0.417. The highest BCUT2D eigenvalue weighted by Crippen LogP contribution is 2.65. The number of esters is 1. The molecule has 5 nitrogen and oxygen atoms in total. The maximum atomic E-state index is 13.4. The molecule has 0 aromatic heterocycles. The van der Waals surface area contributed by atoms with Crippen LogP contribution in [0.5, 0.6) is 5.75 Å². The standard InChI is InChI=1S/C25H21NO4/c27-21(12-14-6-2-1-3-7-14)30-20-9-5-4-8-19(20)26-24(28)22-15-10-11-16(18-13-17(15)18)23(22)25(26)29/h1-11,15-18,22-23H,12-13H2/t15-,16-,17-,18+,22-,23+/m0/s1. The molecule has 2 amide bonds. The molecule has 5 heteroatoms. The molecule has 1 aliphatic heterocycles. The number of amides is 2. The zero-order chi connectivity index (χ0) is 20.4. The number of ether oxygens (including phenoxy) is 1. The van der Waals surface area contributed by atoms with E-state index in [2.05, 4.69) is 12.2 Å². The van der Waals surface area contributed by atoms with E-state index in [4.69, 9.17) is 4.74 Å². The van der Waals surface area contributed by atoms with Crippen molar-refractivity contribution in [2.45, 2.75) is 12.8 Å². The van der Waals surface area contributed by atoms with E-state index in [9.17, 15) is 14.4 Å². The first-order valence-corrected chi connectivity index (χ1v) is 10.5. The van der Waals surface area contributed by atoms with Crippen LogP contribution in [0.15, 0.2) is 66.7 Å². The number of imide groups is 1. The van der Waals surface area contributed by atoms with Gasteiger partial charge in [-0.3, -0.25) is 14.4 Å². The molecule has 4 aliphatic carbocycles. The minimum absolute atomic E-state index is 0.125. The Kier molecular flexibility index (Phi) is 3.76. The van der Waals surface area contributed by atoms with E-state index in [-0.39, 0.29) is 47.7 Å². The van der Waals surface area contributed by atoms with E-state index in [1.54, 1.807) is 24.3 Å². The van der Waals surface area contributed by atoms with Crippen molar-refractivity contribution in [1.82, 2.24) is 0 Å². The lowest BCUT2D eigenvalue weighted by Crippen LogP contribution is -2.40. The third-order valence-corrected chi connectivity index (χ3v) is 7.18. The van der Waals surface area contributed by atoms with Gasteiger partial charge in [-0.1, -0.05) is 54.6 Å². The fourth-order valence-corrected chi connectivity index (χ4v) is 5.84. The molecule has 0 radical (unpaired) electrons. The van der Waals surface area contributed by atoms with Gasteiger partial charge < -0.3 is 4.74 Å². The Morgan fingerprint density at radius 3 is 2.13 bits per heavy atom. The minimum Gasteiger partial charge on any atom is -0.424 e. The topological polar surface area (TPSA) is 63.7 Å². The molecule has 30 heavy (non-hydrogen) atoms. The zero-order valence-electron chi connectivity index (χ0n) is 16.3. The fourth-order valence-electron chi connectivity index (χ4n) is 5.84. The first-order chi connectivity index (χ1) is 14.6. The van der Waals surface area contributed by atoms with Gasteiger partial charge in [-0.25, -0.2) is 4.90 Å². The Labute approximate surface area is 174 Å². The number of nitrogens with zero attached hydrogens (tertiary/aromatic N) is 1. The number of hydrogen-bond donors (Lipinski definition) is 0. The van der Waals surface area contributed by atoms with Gasteiger partial charge >= 0.3 is 5.97 Å². The molecule has 0 spiro atoms. The Balaban J connectivity index is 1.29. The number of anilines is 1. The van der Waals surface area contributed by atoms with Crippen LogP contribution in [0.3, 0.4) is 0 Å². The van der Waals surface area contributed by atoms with Gasteiger partial charge in [0.2, 0.25) is 11.8 Å². The Hall–Kier alpha value is -3.21. The summed E-state index contributed by atoms with van der Waals surface area (Å²) in [6.07, 6.45) is 5.56. The molecule has 2 saturated carbocycles. The number of benzene rings is 2. The van der Waals surface area contributed by atoms with Gasteiger partial charge in [0.1, 0.15) is 0 Å². The molecule has 7 rings (SSSR count). The van der Waals surface area contributed by atoms with Crippen molar-refractivity contribution in [3.05, 3.63) is 72.3 Å². The predicted octanol–water partition coefficient (Wildman–Crippen LogP) is 3.39. The molecular formula is C25H21NO4. The monoisotopic (exact) mass is 399 g/mol. The summed E-state index contributed by atoms with van der Waals surface area (Å²) in [6.45, 7) is 0. The number of allylic oxidation sites excluding steroid dienone is 2. The summed E-state index contributed by atoms with van der Waals surface area (Å²) in [6, 6.07) is 16.2. The lowest BCUT2D eigenvalue weighted by atomic mass is 9.63. The van der Waals surface area contributed by atoms with E-state index in [1.165, 1.54) is 4.90 Å². The maximum absolute atomic E-state index is 13.4. The Morgan fingerprint density at radius 1 is 0.867 bits per heavy atom. The predicted molar refractivity (Wildman–Crippen MR) is 109 cm³/mol. The van der Waals surface area contributed by atoms with E-state index >= 15 is 0 Å². The van der Waals surface area contributed by atoms with Crippen LogP contribution >= 0.6 is 0 Å².